The molecule has 0 bridgehead atoms. The summed E-state index contributed by atoms with van der Waals surface area (Å²) in [4.78, 5) is 8.29. The molecule has 64 valence electrons. The Morgan fingerprint density at radius 2 is 2.25 bits per heavy atom. The molecular formula is C8H11N3O. The third-order valence-corrected chi connectivity index (χ3v) is 1.88. The van der Waals surface area contributed by atoms with Crippen LogP contribution in [0.25, 0.3) is 0 Å². The molecule has 0 saturated heterocycles. The zero-order valence-corrected chi connectivity index (χ0v) is 7.00. The van der Waals surface area contributed by atoms with Gasteiger partial charge in [0.1, 0.15) is 5.82 Å². The number of anilines is 1. The van der Waals surface area contributed by atoms with Crippen molar-refractivity contribution in [1.29, 1.82) is 0 Å². The molecule has 1 aromatic heterocycles. The molecule has 0 spiro atoms. The Bertz CT molecular complexity index is 311. The van der Waals surface area contributed by atoms with Gasteiger partial charge in [0.15, 0.2) is 11.6 Å². The highest BCUT2D eigenvalue weighted by Crippen LogP contribution is 2.27. The summed E-state index contributed by atoms with van der Waals surface area (Å²) in [6.07, 6.45) is 1.96. The Kier molecular flexibility index (Phi) is 1.60. The molecule has 0 amide bonds. The molecule has 2 rings (SSSR count). The molecule has 12 heavy (non-hydrogen) atoms. The molecule has 0 saturated carbocycles. The standard InChI is InChI=1S/C8H11N3O/c1-5-10-6-3-2-4-12-7(6)8(9)11-5/h2-4H2,1H3,(H2,9,10,11). The first-order chi connectivity index (χ1) is 5.77. The average Bonchev–Trinajstić information content (AvgIpc) is 2.04. The van der Waals surface area contributed by atoms with E-state index in [-0.39, 0.29) is 0 Å². The van der Waals surface area contributed by atoms with Crippen molar-refractivity contribution in [1.82, 2.24) is 9.97 Å². The molecule has 2 N–H and O–H groups in total. The SMILES string of the molecule is Cc1nc(N)c2c(n1)CCCO2. The molecule has 1 aromatic rings. The second-order valence-electron chi connectivity index (χ2n) is 2.88. The summed E-state index contributed by atoms with van der Waals surface area (Å²) in [5.41, 5.74) is 6.62. The number of aromatic nitrogens is 2. The van der Waals surface area contributed by atoms with E-state index in [0.717, 1.165) is 31.0 Å². The summed E-state index contributed by atoms with van der Waals surface area (Å²) in [7, 11) is 0. The summed E-state index contributed by atoms with van der Waals surface area (Å²) in [5, 5.41) is 0. The second kappa shape index (κ2) is 2.62. The molecule has 4 heteroatoms. The number of aryl methyl sites for hydroxylation is 2. The van der Waals surface area contributed by atoms with Crippen LogP contribution < -0.4 is 10.5 Å². The van der Waals surface area contributed by atoms with Crippen molar-refractivity contribution < 1.29 is 4.74 Å². The van der Waals surface area contributed by atoms with E-state index in [1.54, 1.807) is 0 Å². The third kappa shape index (κ3) is 1.09. The number of hydrogen-bond acceptors (Lipinski definition) is 4. The van der Waals surface area contributed by atoms with Crippen LogP contribution in [0.5, 0.6) is 5.75 Å². The fourth-order valence-electron chi connectivity index (χ4n) is 1.38. The van der Waals surface area contributed by atoms with E-state index in [2.05, 4.69) is 9.97 Å². The maximum atomic E-state index is 5.67. The van der Waals surface area contributed by atoms with Gasteiger partial charge in [-0.15, -0.1) is 0 Å². The number of fused-ring (bicyclic) bond motifs is 1. The van der Waals surface area contributed by atoms with E-state index in [9.17, 15) is 0 Å². The van der Waals surface area contributed by atoms with Crippen molar-refractivity contribution in [2.24, 2.45) is 0 Å². The van der Waals surface area contributed by atoms with Gasteiger partial charge < -0.3 is 10.5 Å². The van der Waals surface area contributed by atoms with Gasteiger partial charge in [-0.2, -0.15) is 0 Å². The highest BCUT2D eigenvalue weighted by atomic mass is 16.5. The van der Waals surface area contributed by atoms with Crippen LogP contribution in [0.1, 0.15) is 17.9 Å². The Morgan fingerprint density at radius 1 is 1.42 bits per heavy atom. The monoisotopic (exact) mass is 165 g/mol. The quantitative estimate of drug-likeness (QED) is 0.614. The number of hydrogen-bond donors (Lipinski definition) is 1. The second-order valence-corrected chi connectivity index (χ2v) is 2.88. The van der Waals surface area contributed by atoms with E-state index in [0.29, 0.717) is 11.6 Å². The molecule has 1 aliphatic rings. The van der Waals surface area contributed by atoms with Crippen molar-refractivity contribution in [3.05, 3.63) is 11.5 Å². The van der Waals surface area contributed by atoms with Crippen LogP contribution in [0.3, 0.4) is 0 Å². The van der Waals surface area contributed by atoms with Gasteiger partial charge in [0.2, 0.25) is 0 Å². The minimum Gasteiger partial charge on any atom is -0.488 e. The van der Waals surface area contributed by atoms with Gasteiger partial charge in [0.25, 0.3) is 0 Å². The summed E-state index contributed by atoms with van der Waals surface area (Å²) in [6.45, 7) is 2.56. The van der Waals surface area contributed by atoms with E-state index in [1.807, 2.05) is 6.92 Å². The first-order valence-electron chi connectivity index (χ1n) is 4.03. The van der Waals surface area contributed by atoms with Crippen LogP contribution in [0.4, 0.5) is 5.82 Å². The van der Waals surface area contributed by atoms with Gasteiger partial charge >= 0.3 is 0 Å². The van der Waals surface area contributed by atoms with Crippen molar-refractivity contribution in [3.8, 4) is 5.75 Å². The Morgan fingerprint density at radius 3 is 3.08 bits per heavy atom. The van der Waals surface area contributed by atoms with Gasteiger partial charge in [0.05, 0.1) is 12.3 Å². The van der Waals surface area contributed by atoms with E-state index in [4.69, 9.17) is 10.5 Å². The Balaban J connectivity index is 2.53. The van der Waals surface area contributed by atoms with Crippen LogP contribution in [0.2, 0.25) is 0 Å². The van der Waals surface area contributed by atoms with Crippen molar-refractivity contribution in [2.45, 2.75) is 19.8 Å². The Labute approximate surface area is 70.8 Å². The van der Waals surface area contributed by atoms with Crippen LogP contribution in [-0.2, 0) is 6.42 Å². The smallest absolute Gasteiger partial charge is 0.182 e. The molecule has 1 aliphatic heterocycles. The molecule has 0 fully saturated rings. The lowest BCUT2D eigenvalue weighted by molar-refractivity contribution is 0.285. The summed E-state index contributed by atoms with van der Waals surface area (Å²) < 4.78 is 5.36. The lowest BCUT2D eigenvalue weighted by Crippen LogP contribution is -2.14. The highest BCUT2D eigenvalue weighted by Gasteiger charge is 2.15. The summed E-state index contributed by atoms with van der Waals surface area (Å²) >= 11 is 0. The lowest BCUT2D eigenvalue weighted by Gasteiger charge is -2.17. The zero-order chi connectivity index (χ0) is 8.55. The van der Waals surface area contributed by atoms with Gasteiger partial charge in [-0.3, -0.25) is 0 Å². The van der Waals surface area contributed by atoms with E-state index in [1.165, 1.54) is 0 Å². The maximum absolute atomic E-state index is 5.67. The normalized spacial score (nSPS) is 15.1. The number of ether oxygens (including phenoxy) is 1. The van der Waals surface area contributed by atoms with Crippen LogP contribution in [-0.4, -0.2) is 16.6 Å². The third-order valence-electron chi connectivity index (χ3n) is 1.88. The number of nitrogens with zero attached hydrogens (tertiary/aromatic N) is 2. The molecule has 0 unspecified atom stereocenters. The zero-order valence-electron chi connectivity index (χ0n) is 7.00. The minimum atomic E-state index is 0.470. The molecular weight excluding hydrogens is 154 g/mol. The summed E-state index contributed by atoms with van der Waals surface area (Å²) in [5.74, 6) is 1.88. The van der Waals surface area contributed by atoms with Gasteiger partial charge in [0, 0.05) is 0 Å². The predicted octanol–water partition coefficient (Wildman–Crippen LogP) is 0.692. The molecule has 0 atom stereocenters. The van der Waals surface area contributed by atoms with E-state index >= 15 is 0 Å². The topological polar surface area (TPSA) is 61.0 Å². The van der Waals surface area contributed by atoms with Gasteiger partial charge in [-0.1, -0.05) is 0 Å². The number of nitrogen functional groups attached to an aromatic ring is 1. The molecule has 4 nitrogen and oxygen atoms in total. The largest absolute Gasteiger partial charge is 0.488 e. The van der Waals surface area contributed by atoms with Crippen molar-refractivity contribution in [2.75, 3.05) is 12.3 Å². The number of rotatable bonds is 0. The van der Waals surface area contributed by atoms with Gasteiger partial charge in [-0.25, -0.2) is 9.97 Å². The Hall–Kier alpha value is -1.32. The van der Waals surface area contributed by atoms with Crippen molar-refractivity contribution >= 4 is 5.82 Å². The van der Waals surface area contributed by atoms with E-state index < -0.39 is 0 Å². The lowest BCUT2D eigenvalue weighted by atomic mass is 10.2. The van der Waals surface area contributed by atoms with Crippen LogP contribution in [0.15, 0.2) is 0 Å². The first-order valence-corrected chi connectivity index (χ1v) is 4.03. The van der Waals surface area contributed by atoms with Crippen molar-refractivity contribution in [3.63, 3.8) is 0 Å². The highest BCUT2D eigenvalue weighted by molar-refractivity contribution is 5.49. The first kappa shape index (κ1) is 7.34. The van der Waals surface area contributed by atoms with Crippen LogP contribution >= 0.6 is 0 Å². The fourth-order valence-corrected chi connectivity index (χ4v) is 1.38. The molecule has 0 radical (unpaired) electrons. The average molecular weight is 165 g/mol. The molecule has 0 aliphatic carbocycles. The minimum absolute atomic E-state index is 0.470. The fraction of sp³-hybridized carbons (Fsp3) is 0.500. The molecule has 2 heterocycles. The van der Waals surface area contributed by atoms with Crippen LogP contribution in [0, 0.1) is 6.92 Å². The maximum Gasteiger partial charge on any atom is 0.182 e. The van der Waals surface area contributed by atoms with Gasteiger partial charge in [-0.05, 0) is 19.8 Å². The predicted molar refractivity (Wildman–Crippen MR) is 45.0 cm³/mol. The molecule has 0 aromatic carbocycles. The number of nitrogens with two attached hydrogens (primary N) is 1. The summed E-state index contributed by atoms with van der Waals surface area (Å²) in [6, 6.07) is 0.